The minimum absolute atomic E-state index is 0.185. The van der Waals surface area contributed by atoms with E-state index in [-0.39, 0.29) is 40.9 Å². The molecule has 6 nitrogen and oxygen atoms in total. The molecule has 0 bridgehead atoms. The first kappa shape index (κ1) is 24.1. The van der Waals surface area contributed by atoms with Crippen LogP contribution in [0.15, 0.2) is 27.6 Å². The number of likely N-dealkylation sites (tertiary alicyclic amines) is 1. The van der Waals surface area contributed by atoms with Gasteiger partial charge in [-0.15, -0.1) is 0 Å². The molecule has 6 heteroatoms. The molecule has 35 heavy (non-hydrogen) atoms. The molecule has 0 radical (unpaired) electrons. The van der Waals surface area contributed by atoms with Crippen molar-refractivity contribution in [2.75, 3.05) is 13.2 Å². The third kappa shape index (κ3) is 3.25. The minimum Gasteiger partial charge on any atom is -0.431 e. The fourth-order valence-electron chi connectivity index (χ4n) is 10.1. The molecule has 5 aliphatic rings. The largest absolute Gasteiger partial charge is 0.431 e. The van der Waals surface area contributed by atoms with Crippen LogP contribution < -0.4 is 5.63 Å². The second kappa shape index (κ2) is 8.14. The van der Waals surface area contributed by atoms with E-state index in [2.05, 4.69) is 18.7 Å². The maximum absolute atomic E-state index is 12.4. The first-order valence-corrected chi connectivity index (χ1v) is 14.1. The van der Waals surface area contributed by atoms with Crippen LogP contribution in [0.2, 0.25) is 0 Å². The first-order valence-electron chi connectivity index (χ1n) is 14.1. The van der Waals surface area contributed by atoms with Crippen LogP contribution in [0.3, 0.4) is 0 Å². The summed E-state index contributed by atoms with van der Waals surface area (Å²) in [6, 6.07) is 3.99. The summed E-state index contributed by atoms with van der Waals surface area (Å²) in [7, 11) is 0. The lowest BCUT2D eigenvalue weighted by Crippen LogP contribution is -2.68. The lowest BCUT2D eigenvalue weighted by molar-refractivity contribution is -0.251. The van der Waals surface area contributed by atoms with Crippen molar-refractivity contribution in [1.29, 1.82) is 0 Å². The van der Waals surface area contributed by atoms with E-state index in [0.29, 0.717) is 12.0 Å². The second-order valence-electron chi connectivity index (χ2n) is 13.2. The topological polar surface area (TPSA) is 94.1 Å². The lowest BCUT2D eigenvalue weighted by atomic mass is 9.41. The van der Waals surface area contributed by atoms with E-state index < -0.39 is 11.2 Å². The summed E-state index contributed by atoms with van der Waals surface area (Å²) in [5.74, 6) is 0.702. The molecule has 0 amide bonds. The standard InChI is InChI=1S/C29H43NO5/c1-26-11-7-20(30-15-3-4-21(30)17-31)16-28(26,33)13-9-24-23(26)8-12-27(2)22(10-14-29(24,27)34)19-5-6-25(32)35-18-19/h5-6,18,20-24,31,33-34H,3-4,7-17H2,1-2H3/t20-,21-,22+,23-,24+,26+,27+,28-,29-/m0/s1. The van der Waals surface area contributed by atoms with Crippen molar-refractivity contribution in [2.45, 2.75) is 114 Å². The molecule has 0 spiro atoms. The Bertz CT molecular complexity index is 1010. The average molecular weight is 486 g/mol. The van der Waals surface area contributed by atoms with Gasteiger partial charge in [-0.05, 0) is 112 Å². The molecule has 0 unspecified atom stereocenters. The highest BCUT2D eigenvalue weighted by molar-refractivity contribution is 5.28. The molecule has 0 aromatic carbocycles. The lowest BCUT2D eigenvalue weighted by Gasteiger charge is -2.66. The molecule has 1 aromatic heterocycles. The monoisotopic (exact) mass is 485 g/mol. The van der Waals surface area contributed by atoms with Crippen LogP contribution in [0.1, 0.15) is 96.0 Å². The third-order valence-corrected chi connectivity index (χ3v) is 12.2. The van der Waals surface area contributed by atoms with Crippen molar-refractivity contribution in [3.8, 4) is 0 Å². The van der Waals surface area contributed by atoms with E-state index in [1.165, 1.54) is 6.07 Å². The highest BCUT2D eigenvalue weighted by atomic mass is 16.4. The minimum atomic E-state index is -0.755. The molecule has 4 aliphatic carbocycles. The molecule has 9 atom stereocenters. The molecule has 1 saturated heterocycles. The van der Waals surface area contributed by atoms with Crippen LogP contribution in [0.25, 0.3) is 0 Å². The Labute approximate surface area is 208 Å². The normalized spacial score (nSPS) is 49.9. The van der Waals surface area contributed by atoms with Crippen LogP contribution in [0.4, 0.5) is 0 Å². The Hall–Kier alpha value is -1.21. The van der Waals surface area contributed by atoms with Crippen LogP contribution in [-0.4, -0.2) is 56.7 Å². The van der Waals surface area contributed by atoms with Gasteiger partial charge in [0.05, 0.1) is 24.1 Å². The zero-order chi connectivity index (χ0) is 24.6. The van der Waals surface area contributed by atoms with Gasteiger partial charge in [-0.2, -0.15) is 0 Å². The van der Waals surface area contributed by atoms with Crippen LogP contribution >= 0.6 is 0 Å². The van der Waals surface area contributed by atoms with Gasteiger partial charge in [-0.1, -0.05) is 13.8 Å². The number of aliphatic hydroxyl groups excluding tert-OH is 1. The Kier molecular flexibility index (Phi) is 5.62. The van der Waals surface area contributed by atoms with Crippen molar-refractivity contribution in [3.63, 3.8) is 0 Å². The third-order valence-electron chi connectivity index (χ3n) is 12.2. The predicted octanol–water partition coefficient (Wildman–Crippen LogP) is 3.82. The number of aliphatic hydroxyl groups is 3. The number of fused-ring (bicyclic) bond motifs is 5. The van der Waals surface area contributed by atoms with Crippen molar-refractivity contribution in [3.05, 3.63) is 34.4 Å². The highest BCUT2D eigenvalue weighted by Gasteiger charge is 2.70. The van der Waals surface area contributed by atoms with Gasteiger partial charge in [0, 0.05) is 23.6 Å². The van der Waals surface area contributed by atoms with E-state index in [1.54, 1.807) is 6.26 Å². The molecular formula is C29H43NO5. The fourth-order valence-corrected chi connectivity index (χ4v) is 10.1. The van der Waals surface area contributed by atoms with Gasteiger partial charge in [0.15, 0.2) is 0 Å². The fraction of sp³-hybridized carbons (Fsp3) is 0.828. The van der Waals surface area contributed by atoms with Gasteiger partial charge in [0.25, 0.3) is 0 Å². The molecule has 3 N–H and O–H groups in total. The Balaban J connectivity index is 1.27. The van der Waals surface area contributed by atoms with E-state index >= 15 is 0 Å². The number of rotatable bonds is 3. The SMILES string of the molecule is C[C@]12CC[C@H](N3CCC[C@H]3CO)C[C@@]1(O)CC[C@@H]1[C@@H]2CC[C@]2(C)[C@@H](c3ccc(=O)oc3)CC[C@]12O. The summed E-state index contributed by atoms with van der Waals surface area (Å²) >= 11 is 0. The van der Waals surface area contributed by atoms with Gasteiger partial charge in [-0.3, -0.25) is 4.90 Å². The number of hydrogen-bond acceptors (Lipinski definition) is 6. The molecule has 194 valence electrons. The summed E-state index contributed by atoms with van der Waals surface area (Å²) in [4.78, 5) is 14.0. The zero-order valence-corrected chi connectivity index (χ0v) is 21.4. The van der Waals surface area contributed by atoms with Gasteiger partial charge in [0.2, 0.25) is 0 Å². The Morgan fingerprint density at radius 3 is 2.49 bits per heavy atom. The number of hydrogen-bond donors (Lipinski definition) is 3. The molecule has 2 heterocycles. The van der Waals surface area contributed by atoms with Gasteiger partial charge in [0.1, 0.15) is 0 Å². The van der Waals surface area contributed by atoms with Crippen LogP contribution in [-0.2, 0) is 0 Å². The summed E-state index contributed by atoms with van der Waals surface area (Å²) in [5, 5.41) is 34.5. The zero-order valence-electron chi connectivity index (χ0n) is 21.4. The van der Waals surface area contributed by atoms with E-state index in [4.69, 9.17) is 4.42 Å². The smallest absolute Gasteiger partial charge is 0.335 e. The van der Waals surface area contributed by atoms with E-state index in [9.17, 15) is 20.1 Å². The highest BCUT2D eigenvalue weighted by Crippen LogP contribution is 2.71. The Morgan fingerprint density at radius 1 is 0.971 bits per heavy atom. The van der Waals surface area contributed by atoms with Crippen LogP contribution in [0.5, 0.6) is 0 Å². The van der Waals surface area contributed by atoms with Crippen molar-refractivity contribution in [2.24, 2.45) is 22.7 Å². The van der Waals surface area contributed by atoms with Gasteiger partial charge >= 0.3 is 5.63 Å². The number of nitrogens with zero attached hydrogens (tertiary/aromatic N) is 1. The van der Waals surface area contributed by atoms with Gasteiger partial charge < -0.3 is 19.7 Å². The molecule has 6 rings (SSSR count). The molecule has 4 saturated carbocycles. The summed E-state index contributed by atoms with van der Waals surface area (Å²) in [5.41, 5.74) is -1.19. The summed E-state index contributed by atoms with van der Waals surface area (Å²) in [6.07, 6.45) is 11.9. The molecular weight excluding hydrogens is 442 g/mol. The van der Waals surface area contributed by atoms with Gasteiger partial charge in [-0.25, -0.2) is 4.79 Å². The van der Waals surface area contributed by atoms with E-state index in [1.807, 2.05) is 6.07 Å². The predicted molar refractivity (Wildman–Crippen MR) is 133 cm³/mol. The summed E-state index contributed by atoms with van der Waals surface area (Å²) in [6.45, 7) is 5.83. The van der Waals surface area contributed by atoms with Crippen molar-refractivity contribution < 1.29 is 19.7 Å². The van der Waals surface area contributed by atoms with Crippen molar-refractivity contribution in [1.82, 2.24) is 4.90 Å². The van der Waals surface area contributed by atoms with E-state index in [0.717, 1.165) is 82.7 Å². The molecule has 1 aromatic rings. The molecule has 1 aliphatic heterocycles. The maximum atomic E-state index is 12.4. The quantitative estimate of drug-likeness (QED) is 0.603. The first-order chi connectivity index (χ1) is 16.7. The average Bonchev–Trinajstić information content (AvgIpc) is 3.42. The second-order valence-corrected chi connectivity index (χ2v) is 13.2. The molecule has 5 fully saturated rings. The van der Waals surface area contributed by atoms with Crippen LogP contribution in [0, 0.1) is 22.7 Å². The Morgan fingerprint density at radius 2 is 1.74 bits per heavy atom. The van der Waals surface area contributed by atoms with Crippen molar-refractivity contribution >= 4 is 0 Å². The summed E-state index contributed by atoms with van der Waals surface area (Å²) < 4.78 is 5.21. The maximum Gasteiger partial charge on any atom is 0.335 e.